The molecule has 1 fully saturated rings. The molecule has 1 saturated heterocycles. The highest BCUT2D eigenvalue weighted by Gasteiger charge is 2.47. The van der Waals surface area contributed by atoms with Crippen molar-refractivity contribution in [2.24, 2.45) is 0 Å². The smallest absolute Gasteiger partial charge is 0.303 e. The Morgan fingerprint density at radius 3 is 2.71 bits per heavy atom. The van der Waals surface area contributed by atoms with Crippen LogP contribution in [0.5, 0.6) is 11.5 Å². The maximum atomic E-state index is 11.6. The van der Waals surface area contributed by atoms with E-state index in [0.717, 1.165) is 5.56 Å². The van der Waals surface area contributed by atoms with E-state index in [-0.39, 0.29) is 12.5 Å². The van der Waals surface area contributed by atoms with E-state index in [1.165, 1.54) is 13.8 Å². The average Bonchev–Trinajstić information content (AvgIpc) is 2.54. The van der Waals surface area contributed by atoms with E-state index in [1.807, 2.05) is 12.1 Å². The molecular weight excluding hydrogens is 316 g/mol. The van der Waals surface area contributed by atoms with E-state index in [9.17, 15) is 9.59 Å². The van der Waals surface area contributed by atoms with Crippen LogP contribution < -0.4 is 9.47 Å². The number of hydrogen-bond donors (Lipinski definition) is 0. The standard InChI is InChI=1S/C17H20O7/c1-9(18)21-8-15-17(22-10(2)19)13-7-16(24-15)23-14-5-4-11(20-3)6-12(13)14/h4-6,13,15-17H,7-8H2,1-3H3/t13-,15+,16-,17+/m0/s1. The number of benzene rings is 1. The molecule has 0 aliphatic carbocycles. The summed E-state index contributed by atoms with van der Waals surface area (Å²) in [5.41, 5.74) is 0.896. The van der Waals surface area contributed by atoms with Crippen molar-refractivity contribution >= 4 is 11.9 Å². The van der Waals surface area contributed by atoms with Gasteiger partial charge in [0, 0.05) is 31.7 Å². The lowest BCUT2D eigenvalue weighted by Gasteiger charge is -2.44. The van der Waals surface area contributed by atoms with Gasteiger partial charge in [-0.3, -0.25) is 9.59 Å². The van der Waals surface area contributed by atoms with Crippen molar-refractivity contribution in [1.82, 2.24) is 0 Å². The first-order valence-electron chi connectivity index (χ1n) is 7.78. The molecule has 130 valence electrons. The van der Waals surface area contributed by atoms with Crippen molar-refractivity contribution in [1.29, 1.82) is 0 Å². The Hall–Kier alpha value is -2.28. The fourth-order valence-corrected chi connectivity index (χ4v) is 3.18. The van der Waals surface area contributed by atoms with Crippen LogP contribution in [0.25, 0.3) is 0 Å². The zero-order valence-electron chi connectivity index (χ0n) is 13.8. The lowest BCUT2D eigenvalue weighted by Crippen LogP contribution is -2.51. The molecule has 1 aromatic carbocycles. The van der Waals surface area contributed by atoms with E-state index in [1.54, 1.807) is 13.2 Å². The number of fused-ring (bicyclic) bond motifs is 4. The Kier molecular flexibility index (Phi) is 4.62. The lowest BCUT2D eigenvalue weighted by molar-refractivity contribution is -0.225. The van der Waals surface area contributed by atoms with Gasteiger partial charge >= 0.3 is 11.9 Å². The fourth-order valence-electron chi connectivity index (χ4n) is 3.18. The minimum atomic E-state index is -0.582. The van der Waals surface area contributed by atoms with Crippen LogP contribution in [0.15, 0.2) is 18.2 Å². The predicted molar refractivity (Wildman–Crippen MR) is 81.8 cm³/mol. The molecule has 0 radical (unpaired) electrons. The molecule has 2 heterocycles. The van der Waals surface area contributed by atoms with Crippen molar-refractivity contribution in [2.75, 3.05) is 13.7 Å². The Balaban J connectivity index is 1.92. The summed E-state index contributed by atoms with van der Waals surface area (Å²) in [5, 5.41) is 0. The number of methoxy groups -OCH3 is 1. The Labute approximate surface area is 139 Å². The molecule has 0 spiro atoms. The van der Waals surface area contributed by atoms with Crippen LogP contribution in [0.2, 0.25) is 0 Å². The Morgan fingerprint density at radius 1 is 1.25 bits per heavy atom. The van der Waals surface area contributed by atoms with E-state index >= 15 is 0 Å². The summed E-state index contributed by atoms with van der Waals surface area (Å²) in [6.45, 7) is 2.67. The molecule has 0 N–H and O–H groups in total. The summed E-state index contributed by atoms with van der Waals surface area (Å²) < 4.78 is 27.5. The molecule has 2 bridgehead atoms. The fraction of sp³-hybridized carbons (Fsp3) is 0.529. The van der Waals surface area contributed by atoms with Gasteiger partial charge in [0.1, 0.15) is 30.3 Å². The van der Waals surface area contributed by atoms with Crippen LogP contribution in [-0.4, -0.2) is 44.2 Å². The minimum Gasteiger partial charge on any atom is -0.497 e. The maximum absolute atomic E-state index is 11.6. The number of rotatable bonds is 4. The molecule has 0 aromatic heterocycles. The van der Waals surface area contributed by atoms with E-state index in [0.29, 0.717) is 17.9 Å². The predicted octanol–water partition coefficient (Wildman–Crippen LogP) is 1.78. The molecule has 24 heavy (non-hydrogen) atoms. The monoisotopic (exact) mass is 336 g/mol. The summed E-state index contributed by atoms with van der Waals surface area (Å²) in [7, 11) is 1.59. The highest BCUT2D eigenvalue weighted by atomic mass is 16.7. The van der Waals surface area contributed by atoms with Gasteiger partial charge in [0.15, 0.2) is 0 Å². The molecule has 7 heteroatoms. The summed E-state index contributed by atoms with van der Waals surface area (Å²) in [5.74, 6) is 0.428. The number of ether oxygens (including phenoxy) is 5. The van der Waals surface area contributed by atoms with Gasteiger partial charge in [0.25, 0.3) is 0 Å². The number of hydrogen-bond acceptors (Lipinski definition) is 7. The van der Waals surface area contributed by atoms with Crippen LogP contribution in [0.3, 0.4) is 0 Å². The zero-order valence-corrected chi connectivity index (χ0v) is 13.8. The summed E-state index contributed by atoms with van der Waals surface area (Å²) >= 11 is 0. The summed E-state index contributed by atoms with van der Waals surface area (Å²) in [4.78, 5) is 22.7. The van der Waals surface area contributed by atoms with Crippen LogP contribution >= 0.6 is 0 Å². The van der Waals surface area contributed by atoms with Crippen molar-refractivity contribution in [3.05, 3.63) is 23.8 Å². The molecule has 4 atom stereocenters. The lowest BCUT2D eigenvalue weighted by atomic mass is 9.83. The highest BCUT2D eigenvalue weighted by Crippen LogP contribution is 2.45. The topological polar surface area (TPSA) is 80.3 Å². The van der Waals surface area contributed by atoms with Gasteiger partial charge in [-0.2, -0.15) is 0 Å². The van der Waals surface area contributed by atoms with Crippen LogP contribution in [-0.2, 0) is 23.8 Å². The van der Waals surface area contributed by atoms with Crippen LogP contribution in [0.4, 0.5) is 0 Å². The molecule has 2 aliphatic heterocycles. The summed E-state index contributed by atoms with van der Waals surface area (Å²) in [6, 6.07) is 5.49. The zero-order chi connectivity index (χ0) is 17.3. The number of esters is 2. The normalized spacial score (nSPS) is 27.5. The third-order valence-corrected chi connectivity index (χ3v) is 4.16. The van der Waals surface area contributed by atoms with Crippen molar-refractivity contribution < 1.29 is 33.3 Å². The second kappa shape index (κ2) is 6.68. The van der Waals surface area contributed by atoms with Gasteiger partial charge in [-0.25, -0.2) is 0 Å². The molecule has 7 nitrogen and oxygen atoms in total. The van der Waals surface area contributed by atoms with Gasteiger partial charge in [-0.15, -0.1) is 0 Å². The molecular formula is C17H20O7. The molecule has 0 unspecified atom stereocenters. The van der Waals surface area contributed by atoms with Crippen molar-refractivity contribution in [3.8, 4) is 11.5 Å². The largest absolute Gasteiger partial charge is 0.497 e. The van der Waals surface area contributed by atoms with Gasteiger partial charge in [-0.1, -0.05) is 0 Å². The first-order chi connectivity index (χ1) is 11.5. The second-order valence-corrected chi connectivity index (χ2v) is 5.84. The quantitative estimate of drug-likeness (QED) is 0.775. The average molecular weight is 336 g/mol. The van der Waals surface area contributed by atoms with Crippen molar-refractivity contribution in [3.63, 3.8) is 0 Å². The molecule has 1 aromatic rings. The SMILES string of the molecule is COc1ccc2c(c1)[C@@H]1C[C@@H](O2)O[C@H](COC(C)=O)[C@@H]1OC(C)=O. The Morgan fingerprint density at radius 2 is 2.04 bits per heavy atom. The first kappa shape index (κ1) is 16.6. The van der Waals surface area contributed by atoms with E-state index in [4.69, 9.17) is 23.7 Å². The minimum absolute atomic E-state index is 0.00292. The first-order valence-corrected chi connectivity index (χ1v) is 7.78. The maximum Gasteiger partial charge on any atom is 0.303 e. The van der Waals surface area contributed by atoms with Crippen LogP contribution in [0, 0.1) is 0 Å². The van der Waals surface area contributed by atoms with Gasteiger partial charge in [0.05, 0.1) is 7.11 Å². The van der Waals surface area contributed by atoms with E-state index < -0.39 is 30.4 Å². The van der Waals surface area contributed by atoms with E-state index in [2.05, 4.69) is 0 Å². The number of carbonyl (C=O) groups is 2. The third-order valence-electron chi connectivity index (χ3n) is 4.16. The molecule has 2 aliphatic rings. The molecule has 0 saturated carbocycles. The molecule has 3 rings (SSSR count). The summed E-state index contributed by atoms with van der Waals surface area (Å²) in [6.07, 6.45) is -1.06. The van der Waals surface area contributed by atoms with Gasteiger partial charge < -0.3 is 23.7 Å². The van der Waals surface area contributed by atoms with Gasteiger partial charge in [0.2, 0.25) is 6.29 Å². The third kappa shape index (κ3) is 3.31. The molecule has 0 amide bonds. The van der Waals surface area contributed by atoms with Gasteiger partial charge in [-0.05, 0) is 18.2 Å². The second-order valence-electron chi connectivity index (χ2n) is 5.84. The number of carbonyl (C=O) groups excluding carboxylic acids is 2. The van der Waals surface area contributed by atoms with Crippen molar-refractivity contribution in [2.45, 2.75) is 44.7 Å². The van der Waals surface area contributed by atoms with Crippen LogP contribution in [0.1, 0.15) is 31.7 Å². The Bertz CT molecular complexity index is 642. The highest BCUT2D eigenvalue weighted by molar-refractivity contribution is 5.67.